The first-order valence-corrected chi connectivity index (χ1v) is 10.5. The van der Waals surface area contributed by atoms with Crippen LogP contribution in [0.4, 0.5) is 0 Å². The summed E-state index contributed by atoms with van der Waals surface area (Å²) in [4.78, 5) is 32.2. The third-order valence-electron chi connectivity index (χ3n) is 5.72. The van der Waals surface area contributed by atoms with Crippen molar-refractivity contribution in [1.29, 1.82) is 0 Å². The summed E-state index contributed by atoms with van der Waals surface area (Å²) in [5.41, 5.74) is 1.64. The Bertz CT molecular complexity index is 1330. The summed E-state index contributed by atoms with van der Waals surface area (Å²) in [5.74, 6) is 0.688. The minimum atomic E-state index is -0.204. The average molecular weight is 388 g/mol. The van der Waals surface area contributed by atoms with E-state index in [0.717, 1.165) is 41.5 Å². The molecule has 0 amide bonds. The van der Waals surface area contributed by atoms with Crippen molar-refractivity contribution in [2.24, 2.45) is 0 Å². The van der Waals surface area contributed by atoms with Crippen LogP contribution in [-0.4, -0.2) is 9.55 Å². The molecule has 0 saturated heterocycles. The number of benzene rings is 2. The molecule has 0 aliphatic heterocycles. The zero-order valence-corrected chi connectivity index (χ0v) is 16.5. The van der Waals surface area contributed by atoms with Crippen LogP contribution in [0.3, 0.4) is 0 Å². The molecule has 0 unspecified atom stereocenters. The number of nitrogens with zero attached hydrogens (tertiary/aromatic N) is 2. The summed E-state index contributed by atoms with van der Waals surface area (Å²) >= 11 is 1.42. The van der Waals surface area contributed by atoms with E-state index in [4.69, 9.17) is 4.98 Å². The normalized spacial score (nSPS) is 14.9. The molecule has 1 saturated carbocycles. The first kappa shape index (κ1) is 17.3. The molecule has 1 aliphatic rings. The van der Waals surface area contributed by atoms with Crippen LogP contribution in [0.15, 0.2) is 58.1 Å². The minimum Gasteiger partial charge on any atom is -0.289 e. The van der Waals surface area contributed by atoms with Crippen LogP contribution in [0.5, 0.6) is 0 Å². The van der Waals surface area contributed by atoms with Gasteiger partial charge in [-0.1, -0.05) is 49.2 Å². The van der Waals surface area contributed by atoms with Crippen LogP contribution in [0.2, 0.25) is 0 Å². The van der Waals surface area contributed by atoms with E-state index in [-0.39, 0.29) is 22.4 Å². The Morgan fingerprint density at radius 2 is 1.71 bits per heavy atom. The number of fused-ring (bicyclic) bond motifs is 2. The fourth-order valence-electron chi connectivity index (χ4n) is 4.28. The fourth-order valence-corrected chi connectivity index (χ4v) is 5.32. The van der Waals surface area contributed by atoms with Crippen molar-refractivity contribution in [1.82, 2.24) is 9.55 Å². The maximum Gasteiger partial charge on any atom is 0.266 e. The Labute approximate surface area is 166 Å². The van der Waals surface area contributed by atoms with Gasteiger partial charge in [0, 0.05) is 21.7 Å². The molecule has 0 bridgehead atoms. The number of aryl methyl sites for hydroxylation is 1. The number of hydrogen-bond donors (Lipinski definition) is 0. The van der Waals surface area contributed by atoms with Crippen molar-refractivity contribution in [3.8, 4) is 11.4 Å². The van der Waals surface area contributed by atoms with Crippen molar-refractivity contribution >= 4 is 31.6 Å². The van der Waals surface area contributed by atoms with E-state index in [2.05, 4.69) is 0 Å². The molecule has 140 valence electrons. The topological polar surface area (TPSA) is 52.0 Å². The summed E-state index contributed by atoms with van der Waals surface area (Å²) in [7, 11) is 0. The summed E-state index contributed by atoms with van der Waals surface area (Å²) in [6.07, 6.45) is 4.12. The van der Waals surface area contributed by atoms with Gasteiger partial charge in [0.1, 0.15) is 16.0 Å². The lowest BCUT2D eigenvalue weighted by atomic mass is 10.1. The van der Waals surface area contributed by atoms with Crippen LogP contribution >= 0.6 is 11.3 Å². The lowest BCUT2D eigenvalue weighted by Gasteiger charge is -2.20. The Kier molecular flexibility index (Phi) is 4.13. The molecule has 0 N–H and O–H groups in total. The molecular weight excluding hydrogens is 368 g/mol. The molecular formula is C23H20N2O2S. The predicted octanol–water partition coefficient (Wildman–Crippen LogP) is 5.06. The SMILES string of the molecule is Cc1ccccc1-c1nc2sc3ccccc3c(=O)c2c(=O)n1C1CCCC1. The summed E-state index contributed by atoms with van der Waals surface area (Å²) in [5, 5.41) is 0.827. The zero-order valence-electron chi connectivity index (χ0n) is 15.6. The van der Waals surface area contributed by atoms with Crippen molar-refractivity contribution in [2.75, 3.05) is 0 Å². The highest BCUT2D eigenvalue weighted by Crippen LogP contribution is 2.34. The second-order valence-corrected chi connectivity index (χ2v) is 8.50. The predicted molar refractivity (Wildman–Crippen MR) is 115 cm³/mol. The van der Waals surface area contributed by atoms with Crippen molar-refractivity contribution in [2.45, 2.75) is 38.6 Å². The maximum absolute atomic E-state index is 13.6. The molecule has 4 nitrogen and oxygen atoms in total. The Hall–Kier alpha value is -2.79. The molecule has 1 aliphatic carbocycles. The van der Waals surface area contributed by atoms with Gasteiger partial charge in [-0.15, -0.1) is 11.3 Å². The van der Waals surface area contributed by atoms with Gasteiger partial charge in [0.25, 0.3) is 5.56 Å². The standard InChI is InChI=1S/C23H20N2O2S/c1-14-8-2-5-11-16(14)21-24-22-19(23(27)25(21)15-9-3-4-10-15)20(26)17-12-6-7-13-18(17)28-22/h2,5-8,11-13,15H,3-4,9-10H2,1H3. The Balaban J connectivity index is 1.94. The van der Waals surface area contributed by atoms with Crippen LogP contribution in [0, 0.1) is 6.92 Å². The van der Waals surface area contributed by atoms with E-state index >= 15 is 0 Å². The molecule has 2 heterocycles. The summed E-state index contributed by atoms with van der Waals surface area (Å²) < 4.78 is 2.67. The molecule has 1 fully saturated rings. The van der Waals surface area contributed by atoms with Gasteiger partial charge in [0.2, 0.25) is 5.43 Å². The van der Waals surface area contributed by atoms with Gasteiger partial charge in [-0.25, -0.2) is 4.98 Å². The third-order valence-corrected chi connectivity index (χ3v) is 6.79. The lowest BCUT2D eigenvalue weighted by molar-refractivity contribution is 0.505. The van der Waals surface area contributed by atoms with Gasteiger partial charge in [0.05, 0.1) is 0 Å². The van der Waals surface area contributed by atoms with E-state index in [9.17, 15) is 9.59 Å². The van der Waals surface area contributed by atoms with Gasteiger partial charge < -0.3 is 0 Å². The van der Waals surface area contributed by atoms with Crippen molar-refractivity contribution < 1.29 is 0 Å². The maximum atomic E-state index is 13.6. The van der Waals surface area contributed by atoms with E-state index < -0.39 is 0 Å². The first-order chi connectivity index (χ1) is 13.6. The van der Waals surface area contributed by atoms with E-state index in [1.807, 2.05) is 49.4 Å². The first-order valence-electron chi connectivity index (χ1n) is 9.69. The van der Waals surface area contributed by atoms with E-state index in [1.165, 1.54) is 11.3 Å². The third kappa shape index (κ3) is 2.61. The molecule has 0 radical (unpaired) electrons. The van der Waals surface area contributed by atoms with E-state index in [1.54, 1.807) is 10.6 Å². The highest BCUT2D eigenvalue weighted by atomic mass is 32.1. The molecule has 0 spiro atoms. The van der Waals surface area contributed by atoms with Crippen LogP contribution in [-0.2, 0) is 0 Å². The zero-order chi connectivity index (χ0) is 19.3. The molecule has 28 heavy (non-hydrogen) atoms. The molecule has 5 rings (SSSR count). The smallest absolute Gasteiger partial charge is 0.266 e. The van der Waals surface area contributed by atoms with Gasteiger partial charge in [-0.2, -0.15) is 0 Å². The minimum absolute atomic E-state index is 0.106. The largest absolute Gasteiger partial charge is 0.289 e. The molecule has 2 aromatic carbocycles. The van der Waals surface area contributed by atoms with Gasteiger partial charge in [-0.3, -0.25) is 14.2 Å². The molecule has 4 aromatic rings. The average Bonchev–Trinajstić information content (AvgIpc) is 3.22. The van der Waals surface area contributed by atoms with Gasteiger partial charge >= 0.3 is 0 Å². The Morgan fingerprint density at radius 3 is 2.50 bits per heavy atom. The number of hydrogen-bond acceptors (Lipinski definition) is 4. The summed E-state index contributed by atoms with van der Waals surface area (Å²) in [6, 6.07) is 15.6. The number of aromatic nitrogens is 2. The van der Waals surface area contributed by atoms with Gasteiger partial charge in [0.15, 0.2) is 0 Å². The highest BCUT2D eigenvalue weighted by Gasteiger charge is 2.25. The Morgan fingerprint density at radius 1 is 1.00 bits per heavy atom. The molecule has 0 atom stereocenters. The van der Waals surface area contributed by atoms with Crippen LogP contribution < -0.4 is 11.0 Å². The van der Waals surface area contributed by atoms with Crippen molar-refractivity contribution in [3.05, 3.63) is 74.7 Å². The van der Waals surface area contributed by atoms with Crippen molar-refractivity contribution in [3.63, 3.8) is 0 Å². The second-order valence-electron chi connectivity index (χ2n) is 7.47. The van der Waals surface area contributed by atoms with Gasteiger partial charge in [-0.05, 0) is 37.5 Å². The summed E-state index contributed by atoms with van der Waals surface area (Å²) in [6.45, 7) is 2.04. The highest BCUT2D eigenvalue weighted by molar-refractivity contribution is 7.24. The molecule has 5 heteroatoms. The van der Waals surface area contributed by atoms with E-state index in [0.29, 0.717) is 16.0 Å². The second kappa shape index (κ2) is 6.67. The molecule has 2 aromatic heterocycles. The van der Waals surface area contributed by atoms with Crippen LogP contribution in [0.1, 0.15) is 37.3 Å². The number of rotatable bonds is 2. The lowest BCUT2D eigenvalue weighted by Crippen LogP contribution is -2.29. The fraction of sp³-hybridized carbons (Fsp3) is 0.261. The quantitative estimate of drug-likeness (QED) is 0.451. The van der Waals surface area contributed by atoms with Crippen LogP contribution in [0.25, 0.3) is 31.7 Å². The monoisotopic (exact) mass is 388 g/mol.